The van der Waals surface area contributed by atoms with Gasteiger partial charge in [-0.2, -0.15) is 4.52 Å². The molecule has 0 bridgehead atoms. The molecule has 3 aromatic heterocycles. The molecule has 0 unspecified atom stereocenters. The second-order valence-electron chi connectivity index (χ2n) is 8.97. The van der Waals surface area contributed by atoms with Gasteiger partial charge >= 0.3 is 0 Å². The van der Waals surface area contributed by atoms with Gasteiger partial charge in [0.25, 0.3) is 17.4 Å². The van der Waals surface area contributed by atoms with Gasteiger partial charge in [0, 0.05) is 18.7 Å². The number of carbonyl (C=O) groups is 2. The number of rotatable bonds is 6. The number of nitrogens with one attached hydrogen (secondary N) is 2. The zero-order chi connectivity index (χ0) is 23.2. The molecule has 0 radical (unpaired) electrons. The Labute approximate surface area is 182 Å². The van der Waals surface area contributed by atoms with Crippen LogP contribution in [-0.2, 0) is 6.54 Å². The highest BCUT2D eigenvalue weighted by Gasteiger charge is 2.30. The molecular weight excluding hydrogens is 416 g/mol. The van der Waals surface area contributed by atoms with Crippen LogP contribution in [0.3, 0.4) is 0 Å². The van der Waals surface area contributed by atoms with Crippen molar-refractivity contribution >= 4 is 29.1 Å². The smallest absolute Gasteiger partial charge is 0.291 e. The van der Waals surface area contributed by atoms with Crippen LogP contribution in [0.5, 0.6) is 5.88 Å². The number of amides is 2. The molecule has 4 rings (SSSR count). The van der Waals surface area contributed by atoms with Gasteiger partial charge in [0.1, 0.15) is 17.2 Å². The fraction of sp³-hybridized carbons (Fsp3) is 0.400. The Morgan fingerprint density at radius 3 is 2.50 bits per heavy atom. The molecule has 1 aliphatic rings. The van der Waals surface area contributed by atoms with E-state index in [0.717, 1.165) is 17.4 Å². The zero-order valence-electron chi connectivity index (χ0n) is 17.9. The molecule has 12 heteroatoms. The van der Waals surface area contributed by atoms with Crippen molar-refractivity contribution in [1.82, 2.24) is 29.5 Å². The highest BCUT2D eigenvalue weighted by Crippen LogP contribution is 2.27. The van der Waals surface area contributed by atoms with E-state index in [-0.39, 0.29) is 34.3 Å². The van der Waals surface area contributed by atoms with Gasteiger partial charge in [-0.25, -0.2) is 9.97 Å². The van der Waals surface area contributed by atoms with Crippen LogP contribution in [0.2, 0.25) is 0 Å². The second kappa shape index (κ2) is 7.62. The van der Waals surface area contributed by atoms with Gasteiger partial charge in [0.2, 0.25) is 5.88 Å². The summed E-state index contributed by atoms with van der Waals surface area (Å²) in [5.41, 5.74) is 4.12. The first kappa shape index (κ1) is 21.3. The van der Waals surface area contributed by atoms with Gasteiger partial charge in [0.05, 0.1) is 12.4 Å². The van der Waals surface area contributed by atoms with Crippen LogP contribution in [0.25, 0.3) is 5.65 Å². The molecule has 3 heterocycles. The minimum Gasteiger partial charge on any atom is -0.494 e. The van der Waals surface area contributed by atoms with Crippen LogP contribution in [-0.4, -0.2) is 47.1 Å². The van der Waals surface area contributed by atoms with E-state index in [2.05, 4.69) is 25.7 Å². The summed E-state index contributed by atoms with van der Waals surface area (Å²) in [6, 6.07) is 1.57. The average molecular weight is 440 g/mol. The Bertz CT molecular complexity index is 1270. The predicted octanol–water partition coefficient (Wildman–Crippen LogP) is 0.772. The van der Waals surface area contributed by atoms with E-state index in [0.29, 0.717) is 12.2 Å². The minimum absolute atomic E-state index is 0.00616. The summed E-state index contributed by atoms with van der Waals surface area (Å²) in [5, 5.41) is 20.8. The summed E-state index contributed by atoms with van der Waals surface area (Å²) < 4.78 is 2.56. The topological polar surface area (TPSA) is 170 Å². The van der Waals surface area contributed by atoms with Crippen LogP contribution in [0.1, 0.15) is 54.5 Å². The van der Waals surface area contributed by atoms with Crippen molar-refractivity contribution in [3.8, 4) is 5.88 Å². The van der Waals surface area contributed by atoms with Crippen molar-refractivity contribution in [2.24, 2.45) is 11.1 Å². The second-order valence-corrected chi connectivity index (χ2v) is 8.97. The lowest BCUT2D eigenvalue weighted by molar-refractivity contribution is 0.0942. The summed E-state index contributed by atoms with van der Waals surface area (Å²) >= 11 is 0. The van der Waals surface area contributed by atoms with Crippen molar-refractivity contribution in [1.29, 1.82) is 0 Å². The number of nitrogens with zero attached hydrogens (tertiary/aromatic N) is 5. The molecular formula is C20H24N8O4. The van der Waals surface area contributed by atoms with Gasteiger partial charge in [-0.05, 0) is 18.3 Å². The van der Waals surface area contributed by atoms with Crippen molar-refractivity contribution in [2.45, 2.75) is 46.2 Å². The van der Waals surface area contributed by atoms with Crippen LogP contribution in [0.15, 0.2) is 23.3 Å². The first-order chi connectivity index (χ1) is 15.0. The number of aromatic nitrogens is 5. The van der Waals surface area contributed by atoms with E-state index >= 15 is 0 Å². The van der Waals surface area contributed by atoms with E-state index in [1.807, 2.05) is 20.8 Å². The highest BCUT2D eigenvalue weighted by molar-refractivity contribution is 5.96. The molecule has 0 spiro atoms. The number of anilines is 2. The van der Waals surface area contributed by atoms with Gasteiger partial charge in [-0.1, -0.05) is 20.8 Å². The lowest BCUT2D eigenvalue weighted by Gasteiger charge is -2.23. The third-order valence-electron chi connectivity index (χ3n) is 4.79. The summed E-state index contributed by atoms with van der Waals surface area (Å²) in [7, 11) is 0. The van der Waals surface area contributed by atoms with Gasteiger partial charge in [0.15, 0.2) is 11.4 Å². The van der Waals surface area contributed by atoms with Crippen LogP contribution >= 0.6 is 0 Å². The summed E-state index contributed by atoms with van der Waals surface area (Å²) in [5.74, 6) is -1.23. The molecule has 0 atom stereocenters. The number of primary amides is 1. The summed E-state index contributed by atoms with van der Waals surface area (Å²) in [6.45, 7) is 6.23. The molecule has 1 aliphatic carbocycles. The van der Waals surface area contributed by atoms with Crippen molar-refractivity contribution < 1.29 is 14.7 Å². The van der Waals surface area contributed by atoms with E-state index in [1.54, 1.807) is 6.07 Å². The molecule has 1 saturated carbocycles. The van der Waals surface area contributed by atoms with E-state index in [4.69, 9.17) is 5.73 Å². The van der Waals surface area contributed by atoms with E-state index in [9.17, 15) is 19.5 Å². The first-order valence-electron chi connectivity index (χ1n) is 10.1. The maximum atomic E-state index is 13.1. The molecule has 0 aromatic carbocycles. The molecule has 5 N–H and O–H groups in total. The molecule has 3 aromatic rings. The third kappa shape index (κ3) is 4.24. The van der Waals surface area contributed by atoms with Gasteiger partial charge < -0.3 is 21.5 Å². The Morgan fingerprint density at radius 2 is 1.94 bits per heavy atom. The quantitative estimate of drug-likeness (QED) is 0.435. The van der Waals surface area contributed by atoms with Gasteiger partial charge in [-0.15, -0.1) is 5.10 Å². The largest absolute Gasteiger partial charge is 0.494 e. The average Bonchev–Trinajstić information content (AvgIpc) is 3.41. The lowest BCUT2D eigenvalue weighted by Crippen LogP contribution is -2.35. The first-order valence-corrected chi connectivity index (χ1v) is 10.1. The fourth-order valence-corrected chi connectivity index (χ4v) is 3.18. The Hall–Kier alpha value is -3.96. The molecule has 0 aliphatic heterocycles. The van der Waals surface area contributed by atoms with Crippen molar-refractivity contribution in [2.75, 3.05) is 5.32 Å². The van der Waals surface area contributed by atoms with Gasteiger partial charge in [-0.3, -0.25) is 19.0 Å². The molecule has 0 saturated heterocycles. The summed E-state index contributed by atoms with van der Waals surface area (Å²) in [4.78, 5) is 44.9. The predicted molar refractivity (Wildman–Crippen MR) is 115 cm³/mol. The molecule has 2 amide bonds. The number of hydrogen-bond acceptors (Lipinski definition) is 8. The number of hydrogen-bond donors (Lipinski definition) is 4. The minimum atomic E-state index is -0.732. The standard InChI is InChI=1S/C20H24N8O4/c1-20(2,3)9-27-14-6-12(25-13-8-22-11(7-23-13)16(21)29)26-28(14)19(32)15(18(27)31)17(30)24-10-4-5-10/h6-8,10,31H,4-5,9H2,1-3H3,(H2,21,29)(H,24,30)(H,23,25,26). The zero-order valence-corrected chi connectivity index (χ0v) is 17.9. The number of aromatic hydroxyl groups is 1. The highest BCUT2D eigenvalue weighted by atomic mass is 16.3. The Morgan fingerprint density at radius 1 is 1.22 bits per heavy atom. The van der Waals surface area contributed by atoms with Crippen LogP contribution in [0, 0.1) is 5.41 Å². The molecule has 168 valence electrons. The Kier molecular flexibility index (Phi) is 5.07. The third-order valence-corrected chi connectivity index (χ3v) is 4.79. The SMILES string of the molecule is CC(C)(C)Cn1c(O)c(C(=O)NC2CC2)c(=O)n2nc(Nc3cnc(C(N)=O)cn3)cc12. The molecule has 1 fully saturated rings. The van der Waals surface area contributed by atoms with Crippen molar-refractivity contribution in [3.63, 3.8) is 0 Å². The lowest BCUT2D eigenvalue weighted by atomic mass is 9.96. The molecule has 12 nitrogen and oxygen atoms in total. The fourth-order valence-electron chi connectivity index (χ4n) is 3.18. The van der Waals surface area contributed by atoms with Crippen LogP contribution in [0.4, 0.5) is 11.6 Å². The monoisotopic (exact) mass is 440 g/mol. The normalized spacial score (nSPS) is 13.8. The number of fused-ring (bicyclic) bond motifs is 1. The summed E-state index contributed by atoms with van der Waals surface area (Å²) in [6.07, 6.45) is 4.20. The maximum absolute atomic E-state index is 13.1. The van der Waals surface area contributed by atoms with Crippen LogP contribution < -0.4 is 21.9 Å². The van der Waals surface area contributed by atoms with E-state index in [1.165, 1.54) is 17.0 Å². The molecule has 32 heavy (non-hydrogen) atoms. The maximum Gasteiger partial charge on any atom is 0.291 e. The van der Waals surface area contributed by atoms with E-state index < -0.39 is 23.3 Å². The number of nitrogens with two attached hydrogens (primary N) is 1. The number of carbonyl (C=O) groups excluding carboxylic acids is 2. The van der Waals surface area contributed by atoms with Crippen molar-refractivity contribution in [3.05, 3.63) is 40.1 Å². The Balaban J connectivity index is 1.79.